The molecule has 2 aromatic rings. The van der Waals surface area contributed by atoms with Crippen LogP contribution in [0.25, 0.3) is 11.1 Å². The molecule has 3 rings (SSSR count). The lowest BCUT2D eigenvalue weighted by Crippen LogP contribution is -2.07. The van der Waals surface area contributed by atoms with Crippen LogP contribution in [0.2, 0.25) is 6.32 Å². The number of nitrogens with zero attached hydrogens (tertiary/aromatic N) is 1. The van der Waals surface area contributed by atoms with Crippen LogP contribution < -0.4 is 9.47 Å². The first-order valence-electron chi connectivity index (χ1n) is 7.87. The van der Waals surface area contributed by atoms with Crippen molar-refractivity contribution in [3.8, 4) is 22.6 Å². The minimum absolute atomic E-state index is 0.0851. The molecule has 1 aliphatic heterocycles. The normalized spacial score (nSPS) is 17.2. The van der Waals surface area contributed by atoms with Gasteiger partial charge in [0.25, 0.3) is 0 Å². The molecule has 0 bridgehead atoms. The lowest BCUT2D eigenvalue weighted by molar-refractivity contribution is 0.292. The average molecular weight is 331 g/mol. The molecule has 24 heavy (non-hydrogen) atoms. The van der Waals surface area contributed by atoms with Gasteiger partial charge in [-0.2, -0.15) is 0 Å². The Morgan fingerprint density at radius 2 is 2.17 bits per heavy atom. The van der Waals surface area contributed by atoms with E-state index in [1.54, 1.807) is 18.5 Å². The van der Waals surface area contributed by atoms with Crippen LogP contribution in [0, 0.1) is 5.82 Å². The van der Waals surface area contributed by atoms with Gasteiger partial charge in [0.05, 0.1) is 13.7 Å². The fourth-order valence-electron chi connectivity index (χ4n) is 2.87. The van der Waals surface area contributed by atoms with Crippen LogP contribution in [0.5, 0.6) is 11.5 Å². The highest BCUT2D eigenvalue weighted by molar-refractivity contribution is 6.43. The van der Waals surface area contributed by atoms with E-state index in [1.807, 2.05) is 13.0 Å². The van der Waals surface area contributed by atoms with Gasteiger partial charge in [-0.1, -0.05) is 0 Å². The van der Waals surface area contributed by atoms with Gasteiger partial charge in [0, 0.05) is 30.5 Å². The third-order valence-electron chi connectivity index (χ3n) is 4.05. The number of hydrogen-bond acceptors (Lipinski definition) is 5. The smallest absolute Gasteiger partial charge is 0.454 e. The van der Waals surface area contributed by atoms with E-state index in [9.17, 15) is 9.41 Å². The molecule has 7 heteroatoms. The van der Waals surface area contributed by atoms with Crippen LogP contribution in [0.4, 0.5) is 4.39 Å². The van der Waals surface area contributed by atoms with Crippen LogP contribution in [0.1, 0.15) is 18.4 Å². The van der Waals surface area contributed by atoms with Crippen LogP contribution in [-0.2, 0) is 4.65 Å². The molecule has 5 nitrogen and oxygen atoms in total. The van der Waals surface area contributed by atoms with Gasteiger partial charge in [0.15, 0.2) is 17.3 Å². The van der Waals surface area contributed by atoms with Gasteiger partial charge in [0.2, 0.25) is 0 Å². The number of ether oxygens (including phenoxy) is 2. The number of methoxy groups -OCH3 is 1. The second-order valence-corrected chi connectivity index (χ2v) is 5.65. The second kappa shape index (κ2) is 7.19. The molecular weight excluding hydrogens is 312 g/mol. The molecule has 126 valence electrons. The zero-order chi connectivity index (χ0) is 17.1. The molecule has 1 N–H and O–H groups in total. The second-order valence-electron chi connectivity index (χ2n) is 5.65. The van der Waals surface area contributed by atoms with E-state index < -0.39 is 12.9 Å². The van der Waals surface area contributed by atoms with Crippen molar-refractivity contribution in [3.05, 3.63) is 42.0 Å². The zero-order valence-electron chi connectivity index (χ0n) is 13.7. The molecule has 1 aromatic carbocycles. The monoisotopic (exact) mass is 331 g/mol. The quantitative estimate of drug-likeness (QED) is 0.854. The largest absolute Gasteiger partial charge is 0.490 e. The first-order chi connectivity index (χ1) is 11.6. The molecular formula is C17H19BFNO4. The summed E-state index contributed by atoms with van der Waals surface area (Å²) in [6.45, 7) is 2.69. The predicted molar refractivity (Wildman–Crippen MR) is 88.8 cm³/mol. The van der Waals surface area contributed by atoms with Crippen LogP contribution in [0.3, 0.4) is 0 Å². The third-order valence-corrected chi connectivity index (χ3v) is 4.05. The number of benzene rings is 1. The van der Waals surface area contributed by atoms with Crippen molar-refractivity contribution in [1.82, 2.24) is 4.98 Å². The van der Waals surface area contributed by atoms with Crippen LogP contribution >= 0.6 is 0 Å². The van der Waals surface area contributed by atoms with E-state index >= 15 is 0 Å². The van der Waals surface area contributed by atoms with Crippen molar-refractivity contribution in [2.24, 2.45) is 0 Å². The third kappa shape index (κ3) is 3.37. The summed E-state index contributed by atoms with van der Waals surface area (Å²) in [4.78, 5) is 4.25. The summed E-state index contributed by atoms with van der Waals surface area (Å²) in [5, 5.41) is 9.51. The van der Waals surface area contributed by atoms with Gasteiger partial charge in [-0.05, 0) is 42.6 Å². The van der Waals surface area contributed by atoms with Gasteiger partial charge < -0.3 is 19.2 Å². The van der Waals surface area contributed by atoms with Crippen LogP contribution in [-0.4, -0.2) is 37.4 Å². The molecule has 0 radical (unpaired) electrons. The Kier molecular flexibility index (Phi) is 5.01. The van der Waals surface area contributed by atoms with Gasteiger partial charge >= 0.3 is 7.12 Å². The highest BCUT2D eigenvalue weighted by Gasteiger charge is 2.30. The van der Waals surface area contributed by atoms with E-state index in [2.05, 4.69) is 4.98 Å². The fourth-order valence-corrected chi connectivity index (χ4v) is 2.87. The Balaban J connectivity index is 1.97. The Morgan fingerprint density at radius 3 is 2.83 bits per heavy atom. The number of pyridine rings is 1. The van der Waals surface area contributed by atoms with Crippen molar-refractivity contribution in [1.29, 1.82) is 0 Å². The molecule has 0 spiro atoms. The minimum atomic E-state index is -0.735. The highest BCUT2D eigenvalue weighted by atomic mass is 19.1. The summed E-state index contributed by atoms with van der Waals surface area (Å²) in [5.41, 5.74) is 2.39. The SMILES string of the molecule is CCOc1cc(-c2cncc([C@H]3COB(O)C3)c2)cc(F)c1OC. The molecule has 0 aliphatic carbocycles. The Hall–Kier alpha value is -2.12. The fraction of sp³-hybridized carbons (Fsp3) is 0.353. The number of halogens is 1. The summed E-state index contributed by atoms with van der Waals surface area (Å²) in [6, 6.07) is 5.09. The maximum atomic E-state index is 14.3. The maximum absolute atomic E-state index is 14.3. The summed E-state index contributed by atoms with van der Waals surface area (Å²) in [5.74, 6) is 0.0578. The summed E-state index contributed by atoms with van der Waals surface area (Å²) < 4.78 is 30.0. The van der Waals surface area contributed by atoms with Crippen molar-refractivity contribution in [2.45, 2.75) is 19.2 Å². The van der Waals surface area contributed by atoms with Crippen molar-refractivity contribution in [3.63, 3.8) is 0 Å². The van der Waals surface area contributed by atoms with Gasteiger partial charge in [-0.25, -0.2) is 4.39 Å². The number of rotatable bonds is 5. The molecule has 1 atom stereocenters. The van der Waals surface area contributed by atoms with Crippen molar-refractivity contribution < 1.29 is 23.5 Å². The summed E-state index contributed by atoms with van der Waals surface area (Å²) in [7, 11) is 0.676. The molecule has 0 saturated carbocycles. The molecule has 0 amide bonds. The van der Waals surface area contributed by atoms with E-state index in [0.29, 0.717) is 30.8 Å². The number of aromatic nitrogens is 1. The minimum Gasteiger partial charge on any atom is -0.490 e. The topological polar surface area (TPSA) is 60.8 Å². The van der Waals surface area contributed by atoms with Crippen LogP contribution in [0.15, 0.2) is 30.6 Å². The molecule has 1 fully saturated rings. The van der Waals surface area contributed by atoms with E-state index in [0.717, 1.165) is 11.1 Å². The maximum Gasteiger partial charge on any atom is 0.454 e. The van der Waals surface area contributed by atoms with Gasteiger partial charge in [-0.3, -0.25) is 4.98 Å². The molecule has 1 saturated heterocycles. The Labute approximate surface area is 140 Å². The lowest BCUT2D eigenvalue weighted by Gasteiger charge is -2.14. The molecule has 0 unspecified atom stereocenters. The van der Waals surface area contributed by atoms with Gasteiger partial charge in [0.1, 0.15) is 0 Å². The lowest BCUT2D eigenvalue weighted by atomic mass is 9.80. The predicted octanol–water partition coefficient (Wildman–Crippen LogP) is 2.89. The van der Waals surface area contributed by atoms with E-state index in [-0.39, 0.29) is 11.7 Å². The first kappa shape index (κ1) is 16.7. The first-order valence-corrected chi connectivity index (χ1v) is 7.87. The van der Waals surface area contributed by atoms with Crippen molar-refractivity contribution >= 4 is 7.12 Å². The summed E-state index contributed by atoms with van der Waals surface area (Å²) in [6.07, 6.45) is 3.96. The zero-order valence-corrected chi connectivity index (χ0v) is 13.7. The van der Waals surface area contributed by atoms with E-state index in [1.165, 1.54) is 13.2 Å². The average Bonchev–Trinajstić information content (AvgIpc) is 3.01. The molecule has 1 aromatic heterocycles. The number of hydrogen-bond donors (Lipinski definition) is 1. The Morgan fingerprint density at radius 1 is 1.33 bits per heavy atom. The standard InChI is InChI=1S/C17H19BFNO4/c1-3-23-16-6-11(5-15(19)17(16)22-2)12-4-13(9-20-8-12)14-7-18(21)24-10-14/h4-6,8-9,14,21H,3,7,10H2,1-2H3/t14-/m1/s1. The molecule has 2 heterocycles. The Bertz CT molecular complexity index is 728. The van der Waals surface area contributed by atoms with Gasteiger partial charge in [-0.15, -0.1) is 0 Å². The molecule has 1 aliphatic rings. The highest BCUT2D eigenvalue weighted by Crippen LogP contribution is 2.36. The van der Waals surface area contributed by atoms with E-state index in [4.69, 9.17) is 14.1 Å². The summed E-state index contributed by atoms with van der Waals surface area (Å²) >= 11 is 0. The van der Waals surface area contributed by atoms with Crippen molar-refractivity contribution in [2.75, 3.05) is 20.3 Å².